The molecule has 0 fully saturated rings. The molecule has 0 unspecified atom stereocenters. The normalized spacial score (nSPS) is 11.8. The number of benzene rings is 2. The van der Waals surface area contributed by atoms with E-state index in [4.69, 9.17) is 4.74 Å². The van der Waals surface area contributed by atoms with E-state index in [2.05, 4.69) is 15.1 Å². The van der Waals surface area contributed by atoms with Crippen LogP contribution in [0.3, 0.4) is 0 Å². The topological polar surface area (TPSA) is 52.8 Å². The summed E-state index contributed by atoms with van der Waals surface area (Å²) in [6.07, 6.45) is -1.24. The number of hydrogen-bond donors (Lipinski definition) is 0. The predicted molar refractivity (Wildman–Crippen MR) is 110 cm³/mol. The van der Waals surface area contributed by atoms with E-state index >= 15 is 0 Å². The lowest BCUT2D eigenvalue weighted by Crippen LogP contribution is -2.12. The fourth-order valence-corrected chi connectivity index (χ4v) is 3.49. The first-order valence-corrected chi connectivity index (χ1v) is 9.48. The first-order chi connectivity index (χ1) is 15.0. The molecule has 154 valence electrons. The number of hydrogen-bond acceptors (Lipinski definition) is 4. The van der Waals surface area contributed by atoms with Gasteiger partial charge >= 0.3 is 6.18 Å². The van der Waals surface area contributed by atoms with Gasteiger partial charge in [0.1, 0.15) is 12.1 Å². The van der Waals surface area contributed by atoms with Gasteiger partial charge in [-0.1, -0.05) is 42.5 Å². The van der Waals surface area contributed by atoms with E-state index in [1.54, 1.807) is 36.7 Å². The van der Waals surface area contributed by atoms with Gasteiger partial charge in [0.25, 0.3) is 0 Å². The fourth-order valence-electron chi connectivity index (χ4n) is 3.49. The maximum Gasteiger partial charge on any atom is 0.416 e. The monoisotopic (exact) mass is 420 g/mol. The Morgan fingerprint density at radius 2 is 1.61 bits per heavy atom. The Kier molecular flexibility index (Phi) is 4.54. The standard InChI is InChI=1S/C23H15F3N4O/c24-23(25,26)18-9-3-1-7-15(18)14-31-22-17-13-28-19-10-4-2-8-16(19)21(17)29-30(22)20-11-5-6-12-27-20/h1-13H,14H2. The summed E-state index contributed by atoms with van der Waals surface area (Å²) >= 11 is 0. The van der Waals surface area contributed by atoms with Crippen LogP contribution in [0, 0.1) is 0 Å². The number of ether oxygens (including phenoxy) is 1. The molecule has 5 aromatic rings. The van der Waals surface area contributed by atoms with Gasteiger partial charge in [-0.05, 0) is 24.3 Å². The SMILES string of the molecule is FC(F)(F)c1ccccc1COc1c2cnc3ccccc3c2nn1-c1ccccn1. The number of aromatic nitrogens is 4. The van der Waals surface area contributed by atoms with E-state index in [1.165, 1.54) is 16.8 Å². The summed E-state index contributed by atoms with van der Waals surface area (Å²) in [4.78, 5) is 8.77. The van der Waals surface area contributed by atoms with Crippen LogP contribution < -0.4 is 4.74 Å². The molecule has 8 heteroatoms. The molecule has 0 amide bonds. The fraction of sp³-hybridized carbons (Fsp3) is 0.0870. The zero-order valence-electron chi connectivity index (χ0n) is 16.0. The van der Waals surface area contributed by atoms with E-state index in [1.807, 2.05) is 24.3 Å². The van der Waals surface area contributed by atoms with Crippen LogP contribution in [-0.4, -0.2) is 19.7 Å². The number of rotatable bonds is 4. The van der Waals surface area contributed by atoms with E-state index < -0.39 is 11.7 Å². The van der Waals surface area contributed by atoms with Crippen molar-refractivity contribution >= 4 is 21.8 Å². The Morgan fingerprint density at radius 3 is 2.42 bits per heavy atom. The number of halogens is 3. The van der Waals surface area contributed by atoms with Crippen molar-refractivity contribution in [2.45, 2.75) is 12.8 Å². The molecular formula is C23H15F3N4O. The second-order valence-corrected chi connectivity index (χ2v) is 6.89. The highest BCUT2D eigenvalue weighted by molar-refractivity contribution is 6.05. The highest BCUT2D eigenvalue weighted by Gasteiger charge is 2.33. The average Bonchev–Trinajstić information content (AvgIpc) is 3.17. The van der Waals surface area contributed by atoms with Crippen LogP contribution >= 0.6 is 0 Å². The highest BCUT2D eigenvalue weighted by atomic mass is 19.4. The minimum absolute atomic E-state index is 0.0330. The molecule has 3 aromatic heterocycles. The minimum atomic E-state index is -4.47. The Labute approximate surface area is 174 Å². The summed E-state index contributed by atoms with van der Waals surface area (Å²) in [6, 6.07) is 18.2. The van der Waals surface area contributed by atoms with Gasteiger partial charge in [-0.2, -0.15) is 23.0 Å². The van der Waals surface area contributed by atoms with Crippen molar-refractivity contribution < 1.29 is 17.9 Å². The number of para-hydroxylation sites is 1. The van der Waals surface area contributed by atoms with Crippen LogP contribution in [-0.2, 0) is 12.8 Å². The molecular weight excluding hydrogens is 405 g/mol. The summed E-state index contributed by atoms with van der Waals surface area (Å²) in [6.45, 7) is -0.282. The van der Waals surface area contributed by atoms with Gasteiger partial charge in [0.15, 0.2) is 5.82 Å². The molecule has 5 rings (SSSR count). The first kappa shape index (κ1) is 19.0. The van der Waals surface area contributed by atoms with E-state index in [0.29, 0.717) is 16.7 Å². The lowest BCUT2D eigenvalue weighted by molar-refractivity contribution is -0.138. The third-order valence-electron chi connectivity index (χ3n) is 4.92. The summed E-state index contributed by atoms with van der Waals surface area (Å²) in [5, 5.41) is 6.07. The molecule has 0 aliphatic rings. The number of pyridine rings is 2. The second-order valence-electron chi connectivity index (χ2n) is 6.89. The van der Waals surface area contributed by atoms with Crippen LogP contribution in [0.5, 0.6) is 5.88 Å². The van der Waals surface area contributed by atoms with Crippen LogP contribution in [0.4, 0.5) is 13.2 Å². The largest absolute Gasteiger partial charge is 0.472 e. The Hall–Kier alpha value is -3.94. The Bertz CT molecular complexity index is 1380. The molecule has 0 saturated carbocycles. The summed E-state index contributed by atoms with van der Waals surface area (Å²) in [7, 11) is 0. The van der Waals surface area contributed by atoms with Crippen molar-refractivity contribution in [3.8, 4) is 11.7 Å². The van der Waals surface area contributed by atoms with Crippen molar-refractivity contribution in [2.75, 3.05) is 0 Å². The molecule has 0 N–H and O–H groups in total. The number of fused-ring (bicyclic) bond motifs is 3. The second kappa shape index (κ2) is 7.39. The quantitative estimate of drug-likeness (QED) is 0.382. The van der Waals surface area contributed by atoms with Crippen LogP contribution in [0.25, 0.3) is 27.6 Å². The molecule has 0 aliphatic heterocycles. The van der Waals surface area contributed by atoms with Crippen LogP contribution in [0.15, 0.2) is 79.1 Å². The third kappa shape index (κ3) is 3.46. The van der Waals surface area contributed by atoms with Gasteiger partial charge < -0.3 is 4.74 Å². The zero-order chi connectivity index (χ0) is 21.4. The summed E-state index contributed by atoms with van der Waals surface area (Å²) in [5.74, 6) is 0.769. The van der Waals surface area contributed by atoms with Crippen molar-refractivity contribution in [1.29, 1.82) is 0 Å². The third-order valence-corrected chi connectivity index (χ3v) is 4.92. The maximum atomic E-state index is 13.4. The van der Waals surface area contributed by atoms with Crippen molar-refractivity contribution in [2.24, 2.45) is 0 Å². The van der Waals surface area contributed by atoms with Crippen LogP contribution in [0.2, 0.25) is 0 Å². The average molecular weight is 420 g/mol. The summed E-state index contributed by atoms with van der Waals surface area (Å²) < 4.78 is 47.6. The molecule has 0 spiro atoms. The van der Waals surface area contributed by atoms with Crippen LogP contribution in [0.1, 0.15) is 11.1 Å². The van der Waals surface area contributed by atoms with Gasteiger partial charge in [0.2, 0.25) is 5.88 Å². The molecule has 5 nitrogen and oxygen atoms in total. The van der Waals surface area contributed by atoms with Gasteiger partial charge in [0.05, 0.1) is 16.5 Å². The Balaban J connectivity index is 1.65. The van der Waals surface area contributed by atoms with Gasteiger partial charge in [0, 0.05) is 23.3 Å². The van der Waals surface area contributed by atoms with Gasteiger partial charge in [-0.25, -0.2) is 4.98 Å². The van der Waals surface area contributed by atoms with E-state index in [9.17, 15) is 13.2 Å². The molecule has 2 aromatic carbocycles. The van der Waals surface area contributed by atoms with E-state index in [-0.39, 0.29) is 18.1 Å². The van der Waals surface area contributed by atoms with Gasteiger partial charge in [-0.3, -0.25) is 4.98 Å². The molecule has 0 bridgehead atoms. The smallest absolute Gasteiger partial charge is 0.416 e. The lowest BCUT2D eigenvalue weighted by Gasteiger charge is -2.14. The molecule has 3 heterocycles. The molecule has 0 atom stereocenters. The zero-order valence-corrected chi connectivity index (χ0v) is 16.0. The van der Waals surface area contributed by atoms with Crippen molar-refractivity contribution in [1.82, 2.24) is 19.7 Å². The van der Waals surface area contributed by atoms with Gasteiger partial charge in [-0.15, -0.1) is 0 Å². The number of nitrogens with zero attached hydrogens (tertiary/aromatic N) is 4. The maximum absolute atomic E-state index is 13.4. The molecule has 0 aliphatic carbocycles. The highest BCUT2D eigenvalue weighted by Crippen LogP contribution is 2.35. The number of alkyl halides is 3. The molecule has 0 saturated heterocycles. The first-order valence-electron chi connectivity index (χ1n) is 9.48. The lowest BCUT2D eigenvalue weighted by atomic mass is 10.1. The van der Waals surface area contributed by atoms with Crippen molar-refractivity contribution in [3.63, 3.8) is 0 Å². The Morgan fingerprint density at radius 1 is 0.839 bits per heavy atom. The minimum Gasteiger partial charge on any atom is -0.472 e. The van der Waals surface area contributed by atoms with Crippen molar-refractivity contribution in [3.05, 3.63) is 90.3 Å². The van der Waals surface area contributed by atoms with E-state index in [0.717, 1.165) is 17.0 Å². The summed E-state index contributed by atoms with van der Waals surface area (Å²) in [5.41, 5.74) is 0.697. The predicted octanol–water partition coefficient (Wildman–Crippen LogP) is 5.57. The molecule has 31 heavy (non-hydrogen) atoms. The molecule has 0 radical (unpaired) electrons.